The van der Waals surface area contributed by atoms with Crippen molar-refractivity contribution in [1.82, 2.24) is 0 Å². The molecule has 1 amide bonds. The average Bonchev–Trinajstić information content (AvgIpc) is 2.73. The second-order valence-corrected chi connectivity index (χ2v) is 8.52. The lowest BCUT2D eigenvalue weighted by atomic mass is 10.1. The number of hydrogen-bond donors (Lipinski definition) is 2. The minimum absolute atomic E-state index is 0.0352. The van der Waals surface area contributed by atoms with Gasteiger partial charge in [-0.1, -0.05) is 17.7 Å². The number of ether oxygens (including phenoxy) is 2. The van der Waals surface area contributed by atoms with E-state index in [1.807, 2.05) is 6.92 Å². The van der Waals surface area contributed by atoms with Gasteiger partial charge in [-0.25, -0.2) is 13.6 Å². The summed E-state index contributed by atoms with van der Waals surface area (Å²) >= 11 is 5.99. The Morgan fingerprint density at radius 3 is 2.42 bits per heavy atom. The Morgan fingerprint density at radius 2 is 1.77 bits per heavy atom. The number of nitrogens with one attached hydrogen (secondary N) is 1. The molecule has 9 heteroatoms. The Kier molecular flexibility index (Phi) is 7.17. The molecule has 0 radical (unpaired) electrons. The monoisotopic (exact) mass is 460 g/mol. The van der Waals surface area contributed by atoms with E-state index < -0.39 is 10.0 Å². The van der Waals surface area contributed by atoms with Crippen molar-refractivity contribution in [2.75, 3.05) is 11.9 Å². The minimum Gasteiger partial charge on any atom is -0.493 e. The number of anilines is 1. The van der Waals surface area contributed by atoms with E-state index in [1.54, 1.807) is 42.5 Å². The van der Waals surface area contributed by atoms with Crippen molar-refractivity contribution in [1.29, 1.82) is 0 Å². The quantitative estimate of drug-likeness (QED) is 0.523. The van der Waals surface area contributed by atoms with Gasteiger partial charge in [-0.15, -0.1) is 0 Å². The van der Waals surface area contributed by atoms with E-state index in [-0.39, 0.29) is 17.4 Å². The van der Waals surface area contributed by atoms with E-state index in [1.165, 1.54) is 24.3 Å². The second-order valence-electron chi connectivity index (χ2n) is 6.53. The number of carbonyl (C=O) groups excluding carboxylic acids is 1. The molecule has 0 bridgehead atoms. The lowest BCUT2D eigenvalue weighted by Crippen LogP contribution is -2.14. The van der Waals surface area contributed by atoms with E-state index in [9.17, 15) is 13.2 Å². The zero-order valence-corrected chi connectivity index (χ0v) is 18.2. The first kappa shape index (κ1) is 22.6. The SMILES string of the molecule is CCOc1ccc(C(=O)Nc2ccc(S(N)(=O)=O)cc2)cc1COc1cccc(Cl)c1. The van der Waals surface area contributed by atoms with Crippen molar-refractivity contribution in [2.45, 2.75) is 18.4 Å². The van der Waals surface area contributed by atoms with E-state index in [2.05, 4.69) is 5.32 Å². The van der Waals surface area contributed by atoms with Crippen molar-refractivity contribution >= 4 is 33.2 Å². The third-order valence-electron chi connectivity index (χ3n) is 4.25. The van der Waals surface area contributed by atoms with Gasteiger partial charge in [0.25, 0.3) is 5.91 Å². The number of rotatable bonds is 8. The van der Waals surface area contributed by atoms with Crippen LogP contribution >= 0.6 is 11.6 Å². The molecule has 0 fully saturated rings. The van der Waals surface area contributed by atoms with Crippen LogP contribution in [-0.2, 0) is 16.6 Å². The molecule has 3 aromatic carbocycles. The maximum atomic E-state index is 12.7. The molecule has 0 aliphatic carbocycles. The highest BCUT2D eigenvalue weighted by atomic mass is 35.5. The van der Waals surface area contributed by atoms with E-state index in [0.29, 0.717) is 39.9 Å². The summed E-state index contributed by atoms with van der Waals surface area (Å²) in [6.07, 6.45) is 0. The second kappa shape index (κ2) is 9.82. The van der Waals surface area contributed by atoms with Gasteiger partial charge in [0.2, 0.25) is 10.0 Å². The highest BCUT2D eigenvalue weighted by Gasteiger charge is 2.13. The Hall–Kier alpha value is -3.07. The fraction of sp³-hybridized carbons (Fsp3) is 0.136. The maximum Gasteiger partial charge on any atom is 0.255 e. The van der Waals surface area contributed by atoms with Gasteiger partial charge in [0.1, 0.15) is 18.1 Å². The van der Waals surface area contributed by atoms with Crippen LogP contribution in [0.25, 0.3) is 0 Å². The Balaban J connectivity index is 1.77. The zero-order chi connectivity index (χ0) is 22.4. The molecule has 0 unspecified atom stereocenters. The van der Waals surface area contributed by atoms with Gasteiger partial charge in [-0.3, -0.25) is 4.79 Å². The third-order valence-corrected chi connectivity index (χ3v) is 5.42. The van der Waals surface area contributed by atoms with Crippen LogP contribution in [0.15, 0.2) is 71.6 Å². The first-order valence-corrected chi connectivity index (χ1v) is 11.3. The van der Waals surface area contributed by atoms with Crippen LogP contribution in [0, 0.1) is 0 Å². The summed E-state index contributed by atoms with van der Waals surface area (Å²) in [4.78, 5) is 12.6. The Morgan fingerprint density at radius 1 is 1.03 bits per heavy atom. The topological polar surface area (TPSA) is 108 Å². The van der Waals surface area contributed by atoms with Crippen LogP contribution in [0.2, 0.25) is 5.02 Å². The summed E-state index contributed by atoms with van der Waals surface area (Å²) in [5, 5.41) is 8.37. The van der Waals surface area contributed by atoms with Crippen molar-refractivity contribution in [3.8, 4) is 11.5 Å². The van der Waals surface area contributed by atoms with E-state index in [0.717, 1.165) is 0 Å². The summed E-state index contributed by atoms with van der Waals surface area (Å²) < 4.78 is 34.1. The summed E-state index contributed by atoms with van der Waals surface area (Å²) in [5.74, 6) is 0.841. The van der Waals surface area contributed by atoms with Gasteiger partial charge in [-0.05, 0) is 67.6 Å². The molecule has 7 nitrogen and oxygen atoms in total. The van der Waals surface area contributed by atoms with E-state index in [4.69, 9.17) is 26.2 Å². The molecule has 0 saturated heterocycles. The van der Waals surface area contributed by atoms with Crippen LogP contribution in [0.1, 0.15) is 22.8 Å². The van der Waals surface area contributed by atoms with Gasteiger partial charge in [0.15, 0.2) is 0 Å². The van der Waals surface area contributed by atoms with Crippen LogP contribution in [0.3, 0.4) is 0 Å². The zero-order valence-electron chi connectivity index (χ0n) is 16.7. The molecule has 0 heterocycles. The van der Waals surface area contributed by atoms with Gasteiger partial charge in [0, 0.05) is 21.8 Å². The lowest BCUT2D eigenvalue weighted by molar-refractivity contribution is 0.102. The molecule has 0 aromatic heterocycles. The molecule has 0 aliphatic heterocycles. The third kappa shape index (κ3) is 6.21. The predicted octanol–water partition coefficient (Wildman–Crippen LogP) is 4.22. The molecule has 0 aliphatic rings. The number of benzene rings is 3. The first-order chi connectivity index (χ1) is 14.8. The van der Waals surface area contributed by atoms with Crippen LogP contribution in [0.5, 0.6) is 11.5 Å². The fourth-order valence-corrected chi connectivity index (χ4v) is 3.47. The Bertz CT molecular complexity index is 1180. The molecular formula is C22H21ClN2O5S. The molecule has 3 rings (SSSR count). The van der Waals surface area contributed by atoms with Crippen molar-refractivity contribution in [3.05, 3.63) is 82.9 Å². The van der Waals surface area contributed by atoms with Gasteiger partial charge in [0.05, 0.1) is 11.5 Å². The van der Waals surface area contributed by atoms with Crippen molar-refractivity contribution in [2.24, 2.45) is 5.14 Å². The number of hydrogen-bond acceptors (Lipinski definition) is 5. The molecule has 3 aromatic rings. The van der Waals surface area contributed by atoms with Crippen LogP contribution in [0.4, 0.5) is 5.69 Å². The largest absolute Gasteiger partial charge is 0.493 e. The molecular weight excluding hydrogens is 440 g/mol. The van der Waals surface area contributed by atoms with Gasteiger partial charge >= 0.3 is 0 Å². The normalized spacial score (nSPS) is 11.1. The molecule has 162 valence electrons. The molecule has 0 atom stereocenters. The summed E-state index contributed by atoms with van der Waals surface area (Å²) in [7, 11) is -3.80. The molecule has 0 spiro atoms. The first-order valence-electron chi connectivity index (χ1n) is 9.34. The fourth-order valence-electron chi connectivity index (χ4n) is 2.78. The minimum atomic E-state index is -3.80. The maximum absolute atomic E-state index is 12.7. The molecule has 0 saturated carbocycles. The number of sulfonamides is 1. The van der Waals surface area contributed by atoms with Gasteiger partial charge < -0.3 is 14.8 Å². The molecule has 31 heavy (non-hydrogen) atoms. The standard InChI is InChI=1S/C22H21ClN2O5S/c1-2-29-21-11-6-15(12-16(21)14-30-19-5-3-4-17(23)13-19)22(26)25-18-7-9-20(10-8-18)31(24,27)28/h3-13H,2,14H2,1H3,(H,25,26)(H2,24,27,28). The molecule has 3 N–H and O–H groups in total. The number of nitrogens with two attached hydrogens (primary N) is 1. The predicted molar refractivity (Wildman–Crippen MR) is 119 cm³/mol. The number of primary sulfonamides is 1. The average molecular weight is 461 g/mol. The number of halogens is 1. The van der Waals surface area contributed by atoms with Crippen LogP contribution in [-0.4, -0.2) is 20.9 Å². The summed E-state index contributed by atoms with van der Waals surface area (Å²) in [5.41, 5.74) is 1.52. The highest BCUT2D eigenvalue weighted by Crippen LogP contribution is 2.25. The number of carbonyl (C=O) groups is 1. The van der Waals surface area contributed by atoms with E-state index >= 15 is 0 Å². The highest BCUT2D eigenvalue weighted by molar-refractivity contribution is 7.89. The summed E-state index contributed by atoms with van der Waals surface area (Å²) in [6, 6.07) is 17.6. The van der Waals surface area contributed by atoms with Gasteiger partial charge in [-0.2, -0.15) is 0 Å². The Labute approximate surface area is 185 Å². The number of amides is 1. The van der Waals surface area contributed by atoms with Crippen LogP contribution < -0.4 is 19.9 Å². The van der Waals surface area contributed by atoms with Crippen molar-refractivity contribution < 1.29 is 22.7 Å². The smallest absolute Gasteiger partial charge is 0.255 e. The van der Waals surface area contributed by atoms with Crippen molar-refractivity contribution in [3.63, 3.8) is 0 Å². The lowest BCUT2D eigenvalue weighted by Gasteiger charge is -2.14. The summed E-state index contributed by atoms with van der Waals surface area (Å²) in [6.45, 7) is 2.51.